The maximum Gasteiger partial charge on any atom is 0.337 e. The van der Waals surface area contributed by atoms with Crippen molar-refractivity contribution in [2.45, 2.75) is 53.4 Å². The van der Waals surface area contributed by atoms with E-state index in [0.29, 0.717) is 29.0 Å². The summed E-state index contributed by atoms with van der Waals surface area (Å²) in [7, 11) is 0. The van der Waals surface area contributed by atoms with Gasteiger partial charge in [-0.15, -0.1) is 0 Å². The third-order valence-electron chi connectivity index (χ3n) is 7.77. The minimum atomic E-state index is -0.495. The zero-order chi connectivity index (χ0) is 31.8. The molecule has 8 heteroatoms. The first-order chi connectivity index (χ1) is 21.9. The number of imidazole rings is 1. The van der Waals surface area contributed by atoms with Gasteiger partial charge in [-0.3, -0.25) is 4.57 Å². The Hall–Kier alpha value is -5.16. The first-order valence-corrected chi connectivity index (χ1v) is 15.4. The molecule has 0 saturated heterocycles. The van der Waals surface area contributed by atoms with E-state index in [1.807, 2.05) is 85.1 Å². The number of rotatable bonds is 10. The molecule has 1 aliphatic heterocycles. The Bertz CT molecular complexity index is 1810. The van der Waals surface area contributed by atoms with E-state index in [0.717, 1.165) is 53.1 Å². The molecule has 230 valence electrons. The summed E-state index contributed by atoms with van der Waals surface area (Å²) in [6, 6.07) is 21.2. The summed E-state index contributed by atoms with van der Waals surface area (Å²) in [4.78, 5) is 36.4. The Morgan fingerprint density at radius 3 is 2.40 bits per heavy atom. The maximum atomic E-state index is 13.6. The Morgan fingerprint density at radius 1 is 0.911 bits per heavy atom. The summed E-state index contributed by atoms with van der Waals surface area (Å²) in [5.41, 5.74) is 6.28. The molecule has 1 atom stereocenters. The Labute approximate surface area is 264 Å². The fourth-order valence-corrected chi connectivity index (χ4v) is 5.72. The monoisotopic (exact) mass is 602 g/mol. The molecule has 1 aliphatic rings. The minimum Gasteiger partial charge on any atom is -0.463 e. The van der Waals surface area contributed by atoms with Gasteiger partial charge in [0.05, 0.1) is 23.5 Å². The number of carbonyl (C=O) groups excluding carboxylic acids is 2. The number of esters is 2. The number of aromatic nitrogens is 3. The molecule has 2 aromatic heterocycles. The van der Waals surface area contributed by atoms with E-state index in [4.69, 9.17) is 9.47 Å². The second-order valence-corrected chi connectivity index (χ2v) is 10.9. The Balaban J connectivity index is 1.49. The van der Waals surface area contributed by atoms with Crippen LogP contribution in [0.3, 0.4) is 0 Å². The van der Waals surface area contributed by atoms with Gasteiger partial charge in [0.25, 0.3) is 0 Å². The highest BCUT2D eigenvalue weighted by atomic mass is 16.5. The summed E-state index contributed by atoms with van der Waals surface area (Å²) in [6.45, 7) is 7.86. The van der Waals surface area contributed by atoms with Gasteiger partial charge in [0.15, 0.2) is 12.3 Å². The maximum absolute atomic E-state index is 13.6. The van der Waals surface area contributed by atoms with Crippen molar-refractivity contribution in [3.63, 3.8) is 0 Å². The van der Waals surface area contributed by atoms with E-state index in [2.05, 4.69) is 34.0 Å². The molecular weight excluding hydrogens is 564 g/mol. The molecule has 0 spiro atoms. The number of hydrogen-bond acceptors (Lipinski definition) is 7. The van der Waals surface area contributed by atoms with Crippen LogP contribution in [0.1, 0.15) is 63.4 Å². The molecule has 0 amide bonds. The number of unbranched alkanes of at least 4 members (excludes halogenated alkanes) is 2. The predicted molar refractivity (Wildman–Crippen MR) is 175 cm³/mol. The fraction of sp³-hybridized carbons (Fsp3) is 0.297. The van der Waals surface area contributed by atoms with Crippen molar-refractivity contribution in [2.75, 3.05) is 13.2 Å². The summed E-state index contributed by atoms with van der Waals surface area (Å²) < 4.78 is 13.2. The van der Waals surface area contributed by atoms with Gasteiger partial charge in [0.1, 0.15) is 11.3 Å². The number of allylic oxidation sites excluding steroid dienone is 1. The van der Waals surface area contributed by atoms with E-state index < -0.39 is 17.9 Å². The van der Waals surface area contributed by atoms with E-state index >= 15 is 0 Å². The van der Waals surface area contributed by atoms with Gasteiger partial charge in [-0.1, -0.05) is 68.4 Å². The molecule has 0 aliphatic carbocycles. The van der Waals surface area contributed by atoms with Gasteiger partial charge in [0.2, 0.25) is 0 Å². The number of nitrogens with one attached hydrogen (secondary N) is 1. The number of ether oxygens (including phenoxy) is 2. The number of benzene rings is 2. The van der Waals surface area contributed by atoms with E-state index in [1.54, 1.807) is 13.1 Å². The summed E-state index contributed by atoms with van der Waals surface area (Å²) in [5, 5.41) is 3.37. The lowest BCUT2D eigenvalue weighted by Gasteiger charge is -2.31. The second kappa shape index (κ2) is 14.5. The standard InChI is InChI=1S/C37H38N4O4/c1-5-7-9-17-30-32(36(42)45-24-13-16-27-14-10-8-11-15-27)25(3)39-34(33(30)37(43)44-6-2)28-19-21-29(22-20-28)41-26(4)40-31-18-12-23-38-35(31)41/h8,10-12,14-15,18-23,30,39H,5-7,9,17,24H2,1-4H3. The molecule has 1 unspecified atom stereocenters. The van der Waals surface area contributed by atoms with Crippen LogP contribution in [0.2, 0.25) is 0 Å². The average molecular weight is 603 g/mol. The number of pyridine rings is 1. The third kappa shape index (κ3) is 6.99. The van der Waals surface area contributed by atoms with Gasteiger partial charge < -0.3 is 14.8 Å². The molecule has 5 rings (SSSR count). The number of fused-ring (bicyclic) bond motifs is 1. The Morgan fingerprint density at radius 2 is 1.67 bits per heavy atom. The van der Waals surface area contributed by atoms with Crippen molar-refractivity contribution in [2.24, 2.45) is 5.92 Å². The lowest BCUT2D eigenvalue weighted by molar-refractivity contribution is -0.139. The third-order valence-corrected chi connectivity index (χ3v) is 7.77. The van der Waals surface area contributed by atoms with Crippen molar-refractivity contribution < 1.29 is 19.1 Å². The zero-order valence-corrected chi connectivity index (χ0v) is 26.2. The molecule has 3 heterocycles. The smallest absolute Gasteiger partial charge is 0.337 e. The highest BCUT2D eigenvalue weighted by Gasteiger charge is 2.38. The second-order valence-electron chi connectivity index (χ2n) is 10.9. The lowest BCUT2D eigenvalue weighted by atomic mass is 9.80. The lowest BCUT2D eigenvalue weighted by Crippen LogP contribution is -2.34. The molecule has 2 aromatic carbocycles. The van der Waals surface area contributed by atoms with Gasteiger partial charge in [-0.25, -0.2) is 19.6 Å². The van der Waals surface area contributed by atoms with Crippen LogP contribution in [-0.2, 0) is 19.1 Å². The van der Waals surface area contributed by atoms with Crippen molar-refractivity contribution >= 4 is 28.8 Å². The molecule has 8 nitrogen and oxygen atoms in total. The number of carbonyl (C=O) groups is 2. The highest BCUT2D eigenvalue weighted by molar-refractivity contribution is 6.03. The van der Waals surface area contributed by atoms with Crippen LogP contribution in [0.25, 0.3) is 22.5 Å². The first kappa shape index (κ1) is 31.3. The fourth-order valence-electron chi connectivity index (χ4n) is 5.72. The predicted octanol–water partition coefficient (Wildman–Crippen LogP) is 6.67. The van der Waals surface area contributed by atoms with Gasteiger partial charge in [0, 0.05) is 29.1 Å². The number of nitrogens with zero attached hydrogens (tertiary/aromatic N) is 3. The van der Waals surface area contributed by atoms with Crippen LogP contribution < -0.4 is 5.32 Å². The van der Waals surface area contributed by atoms with E-state index in [9.17, 15) is 9.59 Å². The normalized spacial score (nSPS) is 14.5. The highest BCUT2D eigenvalue weighted by Crippen LogP contribution is 2.38. The number of aryl methyl sites for hydroxylation is 1. The molecule has 45 heavy (non-hydrogen) atoms. The number of dihydropyridines is 1. The van der Waals surface area contributed by atoms with E-state index in [-0.39, 0.29) is 13.2 Å². The molecule has 0 saturated carbocycles. The van der Waals surface area contributed by atoms with Gasteiger partial charge >= 0.3 is 11.9 Å². The van der Waals surface area contributed by atoms with Crippen molar-refractivity contribution in [3.05, 3.63) is 107 Å². The van der Waals surface area contributed by atoms with Crippen molar-refractivity contribution in [3.8, 4) is 17.5 Å². The van der Waals surface area contributed by atoms with Crippen molar-refractivity contribution in [1.29, 1.82) is 0 Å². The Kier molecular flexibility index (Phi) is 10.1. The summed E-state index contributed by atoms with van der Waals surface area (Å²) >= 11 is 0. The molecule has 0 fully saturated rings. The first-order valence-electron chi connectivity index (χ1n) is 15.4. The van der Waals surface area contributed by atoms with Crippen LogP contribution in [0, 0.1) is 24.7 Å². The molecule has 4 aromatic rings. The van der Waals surface area contributed by atoms with Crippen LogP contribution in [0.5, 0.6) is 0 Å². The van der Waals surface area contributed by atoms with E-state index in [1.165, 1.54) is 0 Å². The molecular formula is C37H38N4O4. The average Bonchev–Trinajstić information content (AvgIpc) is 3.39. The topological polar surface area (TPSA) is 95.3 Å². The van der Waals surface area contributed by atoms with Crippen LogP contribution in [-0.4, -0.2) is 39.7 Å². The summed E-state index contributed by atoms with van der Waals surface area (Å²) in [5.74, 6) is 5.33. The number of hydrogen-bond donors (Lipinski definition) is 1. The van der Waals surface area contributed by atoms with Gasteiger partial charge in [-0.2, -0.15) is 0 Å². The van der Waals surface area contributed by atoms with Crippen LogP contribution >= 0.6 is 0 Å². The minimum absolute atomic E-state index is 0.0594. The van der Waals surface area contributed by atoms with Crippen molar-refractivity contribution in [1.82, 2.24) is 19.9 Å². The largest absolute Gasteiger partial charge is 0.463 e. The quantitative estimate of drug-likeness (QED) is 0.123. The SMILES string of the molecule is CCCCCC1C(C(=O)OCC#Cc2ccccc2)=C(C)NC(c2ccc(-n3c(C)nc4cccnc43)cc2)=C1C(=O)OCC. The molecule has 1 N–H and O–H groups in total. The van der Waals surface area contributed by atoms with Gasteiger partial charge in [-0.05, 0) is 69.2 Å². The van der Waals surface area contributed by atoms with Crippen LogP contribution in [0.15, 0.2) is 89.8 Å². The summed E-state index contributed by atoms with van der Waals surface area (Å²) in [6.07, 6.45) is 5.18. The van der Waals surface area contributed by atoms with Crippen LogP contribution in [0.4, 0.5) is 0 Å². The zero-order valence-electron chi connectivity index (χ0n) is 26.2. The molecule has 0 radical (unpaired) electrons. The molecule has 0 bridgehead atoms.